The summed E-state index contributed by atoms with van der Waals surface area (Å²) in [5.41, 5.74) is 0.691. The van der Waals surface area contributed by atoms with Crippen LogP contribution in [0.2, 0.25) is 0 Å². The fraction of sp³-hybridized carbons (Fsp3) is 0.500. The molecule has 0 radical (unpaired) electrons. The lowest BCUT2D eigenvalue weighted by Gasteiger charge is -2.36. The second-order valence-electron chi connectivity index (χ2n) is 7.96. The summed E-state index contributed by atoms with van der Waals surface area (Å²) in [6.45, 7) is 0.168. The molecule has 4 atom stereocenters. The van der Waals surface area contributed by atoms with Crippen LogP contribution in [0.15, 0.2) is 18.2 Å². The first-order valence-electron chi connectivity index (χ1n) is 10.2. The van der Waals surface area contributed by atoms with Crippen LogP contribution in [0.1, 0.15) is 6.42 Å². The maximum Gasteiger partial charge on any atom is 0.414 e. The fourth-order valence-corrected chi connectivity index (χ4v) is 4.44. The first-order chi connectivity index (χ1) is 15.3. The van der Waals surface area contributed by atoms with Crippen LogP contribution in [0.5, 0.6) is 0 Å². The molecule has 3 heterocycles. The van der Waals surface area contributed by atoms with Crippen molar-refractivity contribution in [3.63, 3.8) is 0 Å². The minimum absolute atomic E-state index is 0.0753. The summed E-state index contributed by atoms with van der Waals surface area (Å²) >= 11 is 0. The van der Waals surface area contributed by atoms with Crippen LogP contribution in [0.25, 0.3) is 0 Å². The standard InChI is InChI=1S/C20H24FN5O6/c21-15-4-11(26-8-14(32-20(26)30)10-31-18(23)5-22)1-2-16(15)24-6-13-3-12(24)7-25(13)19(29)17(28)9-27/h1-2,4-5,12-14,17,22-23,27-28H,3,6-10H2/t12?,13?,14?,17-/m0/s1. The molecule has 3 saturated heterocycles. The molecule has 0 saturated carbocycles. The molecule has 3 fully saturated rings. The third-order valence-electron chi connectivity index (χ3n) is 5.96. The van der Waals surface area contributed by atoms with E-state index >= 15 is 0 Å². The molecule has 1 aromatic rings. The number of nitrogens with zero attached hydrogens (tertiary/aromatic N) is 3. The maximum absolute atomic E-state index is 15.0. The molecule has 0 spiro atoms. The Morgan fingerprint density at radius 2 is 2.12 bits per heavy atom. The molecular formula is C20H24FN5O6. The van der Waals surface area contributed by atoms with Crippen molar-refractivity contribution >= 4 is 35.5 Å². The van der Waals surface area contributed by atoms with Gasteiger partial charge in [-0.3, -0.25) is 15.1 Å². The molecule has 2 amide bonds. The highest BCUT2D eigenvalue weighted by molar-refractivity contribution is 6.23. The summed E-state index contributed by atoms with van der Waals surface area (Å²) in [6, 6.07) is 4.19. The van der Waals surface area contributed by atoms with E-state index in [2.05, 4.69) is 0 Å². The summed E-state index contributed by atoms with van der Waals surface area (Å²) in [5, 5.41) is 32.8. The monoisotopic (exact) mass is 449 g/mol. The summed E-state index contributed by atoms with van der Waals surface area (Å²) in [4.78, 5) is 29.0. The number of carbonyl (C=O) groups is 2. The number of aliphatic hydroxyl groups is 2. The number of anilines is 2. The lowest BCUT2D eigenvalue weighted by atomic mass is 10.2. The molecule has 3 aliphatic rings. The van der Waals surface area contributed by atoms with Gasteiger partial charge in [0.2, 0.25) is 5.90 Å². The number of likely N-dealkylation sites (tertiary alicyclic amines) is 1. The zero-order chi connectivity index (χ0) is 23.0. The van der Waals surface area contributed by atoms with Crippen molar-refractivity contribution in [2.75, 3.05) is 42.6 Å². The molecule has 3 aliphatic heterocycles. The Morgan fingerprint density at radius 3 is 2.75 bits per heavy atom. The van der Waals surface area contributed by atoms with Gasteiger partial charge in [-0.15, -0.1) is 0 Å². The van der Waals surface area contributed by atoms with Crippen molar-refractivity contribution in [2.45, 2.75) is 30.7 Å². The molecule has 2 bridgehead atoms. The number of amides is 2. The van der Waals surface area contributed by atoms with Gasteiger partial charge >= 0.3 is 6.09 Å². The van der Waals surface area contributed by atoms with Crippen LogP contribution in [0.3, 0.4) is 0 Å². The van der Waals surface area contributed by atoms with Gasteiger partial charge in [0, 0.05) is 19.1 Å². The van der Waals surface area contributed by atoms with Gasteiger partial charge in [-0.05, 0) is 24.6 Å². The fourth-order valence-electron chi connectivity index (χ4n) is 4.44. The molecule has 0 aliphatic carbocycles. The Labute approximate surface area is 182 Å². The second kappa shape index (κ2) is 8.71. The zero-order valence-corrected chi connectivity index (χ0v) is 17.1. The van der Waals surface area contributed by atoms with Crippen LogP contribution in [0.4, 0.5) is 20.6 Å². The molecule has 12 heteroatoms. The Morgan fingerprint density at radius 1 is 1.34 bits per heavy atom. The topological polar surface area (TPSA) is 150 Å². The summed E-state index contributed by atoms with van der Waals surface area (Å²) < 4.78 is 25.2. The van der Waals surface area contributed by atoms with E-state index in [0.29, 0.717) is 30.9 Å². The van der Waals surface area contributed by atoms with E-state index in [-0.39, 0.29) is 31.1 Å². The smallest absolute Gasteiger partial charge is 0.414 e. The average Bonchev–Trinajstić information content (AvgIpc) is 3.50. The van der Waals surface area contributed by atoms with Crippen LogP contribution >= 0.6 is 0 Å². The van der Waals surface area contributed by atoms with Crippen molar-refractivity contribution in [3.8, 4) is 0 Å². The molecule has 3 unspecified atom stereocenters. The summed E-state index contributed by atoms with van der Waals surface area (Å²) in [7, 11) is 0. The van der Waals surface area contributed by atoms with Gasteiger partial charge in [-0.25, -0.2) is 9.18 Å². The molecule has 32 heavy (non-hydrogen) atoms. The third-order valence-corrected chi connectivity index (χ3v) is 5.96. The quantitative estimate of drug-likeness (QED) is 0.336. The number of hydrogen-bond donors (Lipinski definition) is 4. The molecule has 4 rings (SSSR count). The first kappa shape index (κ1) is 22.0. The van der Waals surface area contributed by atoms with Gasteiger partial charge < -0.3 is 34.9 Å². The number of ether oxygens (including phenoxy) is 2. The van der Waals surface area contributed by atoms with Crippen molar-refractivity contribution in [1.82, 2.24) is 4.90 Å². The number of benzene rings is 1. The van der Waals surface area contributed by atoms with Gasteiger partial charge in [-0.2, -0.15) is 0 Å². The number of halogens is 1. The van der Waals surface area contributed by atoms with E-state index in [0.717, 1.165) is 6.21 Å². The van der Waals surface area contributed by atoms with E-state index < -0.39 is 36.6 Å². The van der Waals surface area contributed by atoms with Crippen LogP contribution in [0, 0.1) is 16.6 Å². The Kier molecular flexibility index (Phi) is 5.98. The van der Waals surface area contributed by atoms with Crippen LogP contribution in [-0.2, 0) is 14.3 Å². The van der Waals surface area contributed by atoms with E-state index in [4.69, 9.17) is 25.4 Å². The highest BCUT2D eigenvalue weighted by Crippen LogP contribution is 2.37. The minimum atomic E-state index is -1.44. The Balaban J connectivity index is 1.41. The van der Waals surface area contributed by atoms with Crippen molar-refractivity contribution < 1.29 is 33.7 Å². The zero-order valence-electron chi connectivity index (χ0n) is 17.1. The molecule has 11 nitrogen and oxygen atoms in total. The number of cyclic esters (lactones) is 1. The van der Waals surface area contributed by atoms with E-state index in [1.54, 1.807) is 12.1 Å². The number of fused-ring (bicyclic) bond motifs is 2. The number of hydrogen-bond acceptors (Lipinski definition) is 9. The Hall–Kier alpha value is -3.25. The van der Waals surface area contributed by atoms with Gasteiger partial charge in [0.15, 0.2) is 12.2 Å². The van der Waals surface area contributed by atoms with Crippen molar-refractivity contribution in [1.29, 1.82) is 10.8 Å². The Bertz CT molecular complexity index is 945. The van der Waals surface area contributed by atoms with Crippen molar-refractivity contribution in [3.05, 3.63) is 24.0 Å². The molecule has 1 aromatic carbocycles. The molecular weight excluding hydrogens is 425 g/mol. The number of carbonyl (C=O) groups excluding carboxylic acids is 2. The first-order valence-corrected chi connectivity index (χ1v) is 10.2. The third kappa shape index (κ3) is 3.98. The van der Waals surface area contributed by atoms with Crippen molar-refractivity contribution in [2.24, 2.45) is 0 Å². The predicted molar refractivity (Wildman–Crippen MR) is 111 cm³/mol. The molecule has 172 valence electrons. The molecule has 4 N–H and O–H groups in total. The average molecular weight is 449 g/mol. The predicted octanol–water partition coefficient (Wildman–Crippen LogP) is -0.0630. The summed E-state index contributed by atoms with van der Waals surface area (Å²) in [5.74, 6) is -1.38. The highest BCUT2D eigenvalue weighted by Gasteiger charge is 2.47. The second-order valence-corrected chi connectivity index (χ2v) is 7.96. The van der Waals surface area contributed by atoms with E-state index in [1.165, 1.54) is 15.9 Å². The lowest BCUT2D eigenvalue weighted by molar-refractivity contribution is -0.143. The van der Waals surface area contributed by atoms with E-state index in [1.807, 2.05) is 4.90 Å². The van der Waals surface area contributed by atoms with Gasteiger partial charge in [0.05, 0.1) is 36.8 Å². The normalized spacial score (nSPS) is 25.2. The largest absolute Gasteiger partial charge is 0.473 e. The van der Waals surface area contributed by atoms with Crippen LogP contribution in [-0.4, -0.2) is 96.4 Å². The number of rotatable bonds is 7. The lowest BCUT2D eigenvalue weighted by Crippen LogP contribution is -2.52. The number of nitrogens with one attached hydrogen (secondary N) is 2. The van der Waals surface area contributed by atoms with E-state index in [9.17, 15) is 19.1 Å². The summed E-state index contributed by atoms with van der Waals surface area (Å²) in [6.07, 6.45) is -1.35. The van der Waals surface area contributed by atoms with Gasteiger partial charge in [-0.1, -0.05) is 0 Å². The molecule has 0 aromatic heterocycles. The highest BCUT2D eigenvalue weighted by atomic mass is 19.1. The van der Waals surface area contributed by atoms with Gasteiger partial charge in [0.1, 0.15) is 12.4 Å². The van der Waals surface area contributed by atoms with Gasteiger partial charge in [0.25, 0.3) is 5.91 Å². The number of piperazine rings is 1. The van der Waals surface area contributed by atoms with Crippen LogP contribution < -0.4 is 9.80 Å². The minimum Gasteiger partial charge on any atom is -0.473 e. The maximum atomic E-state index is 15.0. The SMILES string of the molecule is N=CC(=N)OCC1CN(c2ccc(N3CC4CC3CN4C(=O)[C@@H](O)CO)c(F)c2)C(=O)O1. The number of aliphatic hydroxyl groups excluding tert-OH is 2.